The molecular weight excluding hydrogens is 244 g/mol. The lowest BCUT2D eigenvalue weighted by molar-refractivity contribution is -0.163. The Morgan fingerprint density at radius 1 is 1.26 bits per heavy atom. The maximum atomic E-state index is 10.2. The fourth-order valence-corrected chi connectivity index (χ4v) is 3.15. The molecule has 1 N–H and O–H groups in total. The predicted octanol–water partition coefficient (Wildman–Crippen LogP) is 2.06. The van der Waals surface area contributed by atoms with Crippen LogP contribution in [0, 0.1) is 0 Å². The lowest BCUT2D eigenvalue weighted by Gasteiger charge is -2.22. The second kappa shape index (κ2) is 4.47. The molecule has 1 aliphatic heterocycles. The molecule has 4 nitrogen and oxygen atoms in total. The molecular formula is C15H20O4. The normalized spacial score (nSPS) is 36.2. The summed E-state index contributed by atoms with van der Waals surface area (Å²) >= 11 is 0. The highest BCUT2D eigenvalue weighted by Gasteiger charge is 2.53. The van der Waals surface area contributed by atoms with Crippen LogP contribution < -0.4 is 4.74 Å². The van der Waals surface area contributed by atoms with E-state index in [1.165, 1.54) is 0 Å². The molecule has 0 bridgehead atoms. The molecule has 2 aliphatic rings. The average molecular weight is 264 g/mol. The van der Waals surface area contributed by atoms with E-state index in [-0.39, 0.29) is 18.1 Å². The van der Waals surface area contributed by atoms with E-state index in [0.717, 1.165) is 11.3 Å². The minimum absolute atomic E-state index is 0.0860. The molecule has 1 heterocycles. The molecule has 4 heteroatoms. The SMILES string of the molecule is COc1cccc([C@H]2C[C@H](O)[C@@H]3OC(C)(C)O[C@@H]32)c1. The van der Waals surface area contributed by atoms with Crippen molar-refractivity contribution < 1.29 is 19.3 Å². The summed E-state index contributed by atoms with van der Waals surface area (Å²) in [4.78, 5) is 0. The molecule has 19 heavy (non-hydrogen) atoms. The third-order valence-electron chi connectivity index (χ3n) is 3.96. The molecule has 104 valence electrons. The van der Waals surface area contributed by atoms with Crippen LogP contribution >= 0.6 is 0 Å². The lowest BCUT2D eigenvalue weighted by atomic mass is 9.95. The molecule has 0 aromatic heterocycles. The van der Waals surface area contributed by atoms with E-state index in [0.29, 0.717) is 6.42 Å². The number of aliphatic hydroxyl groups is 1. The number of methoxy groups -OCH3 is 1. The fourth-order valence-electron chi connectivity index (χ4n) is 3.15. The van der Waals surface area contributed by atoms with Crippen LogP contribution in [0.1, 0.15) is 31.7 Å². The summed E-state index contributed by atoms with van der Waals surface area (Å²) in [5.41, 5.74) is 1.13. The number of benzene rings is 1. The molecule has 0 spiro atoms. The minimum atomic E-state index is -0.617. The summed E-state index contributed by atoms with van der Waals surface area (Å²) in [6, 6.07) is 7.95. The lowest BCUT2D eigenvalue weighted by Crippen LogP contribution is -2.28. The van der Waals surface area contributed by atoms with Crippen LogP contribution in [0.2, 0.25) is 0 Å². The van der Waals surface area contributed by atoms with Crippen molar-refractivity contribution in [2.45, 2.75) is 50.3 Å². The minimum Gasteiger partial charge on any atom is -0.497 e. The molecule has 0 amide bonds. The first-order chi connectivity index (χ1) is 9.00. The second-order valence-corrected chi connectivity index (χ2v) is 5.75. The Morgan fingerprint density at radius 3 is 2.74 bits per heavy atom. The van der Waals surface area contributed by atoms with E-state index in [2.05, 4.69) is 6.07 Å². The van der Waals surface area contributed by atoms with Gasteiger partial charge >= 0.3 is 0 Å². The highest BCUT2D eigenvalue weighted by atomic mass is 16.8. The summed E-state index contributed by atoms with van der Waals surface area (Å²) in [7, 11) is 1.66. The van der Waals surface area contributed by atoms with Crippen molar-refractivity contribution in [1.29, 1.82) is 0 Å². The molecule has 2 fully saturated rings. The van der Waals surface area contributed by atoms with Crippen molar-refractivity contribution in [2.75, 3.05) is 7.11 Å². The summed E-state index contributed by atoms with van der Waals surface area (Å²) < 4.78 is 17.0. The van der Waals surface area contributed by atoms with Gasteiger partial charge in [0.25, 0.3) is 0 Å². The van der Waals surface area contributed by atoms with Crippen molar-refractivity contribution >= 4 is 0 Å². The van der Waals surface area contributed by atoms with E-state index in [4.69, 9.17) is 14.2 Å². The van der Waals surface area contributed by atoms with Gasteiger partial charge in [-0.15, -0.1) is 0 Å². The zero-order chi connectivity index (χ0) is 13.6. The van der Waals surface area contributed by atoms with Crippen LogP contribution in [-0.2, 0) is 9.47 Å². The fraction of sp³-hybridized carbons (Fsp3) is 0.600. The molecule has 1 aliphatic carbocycles. The van der Waals surface area contributed by atoms with Crippen molar-refractivity contribution in [3.8, 4) is 5.75 Å². The molecule has 4 atom stereocenters. The van der Waals surface area contributed by atoms with Crippen molar-refractivity contribution in [3.63, 3.8) is 0 Å². The smallest absolute Gasteiger partial charge is 0.163 e. The maximum Gasteiger partial charge on any atom is 0.163 e. The number of ether oxygens (including phenoxy) is 3. The van der Waals surface area contributed by atoms with Gasteiger partial charge in [-0.05, 0) is 38.0 Å². The highest BCUT2D eigenvalue weighted by Crippen LogP contribution is 2.46. The predicted molar refractivity (Wildman–Crippen MR) is 70.2 cm³/mol. The number of hydrogen-bond donors (Lipinski definition) is 1. The van der Waals surface area contributed by atoms with Gasteiger partial charge in [-0.3, -0.25) is 0 Å². The summed E-state index contributed by atoms with van der Waals surface area (Å²) in [5.74, 6) is 0.360. The zero-order valence-corrected chi connectivity index (χ0v) is 11.5. The Morgan fingerprint density at radius 2 is 2.00 bits per heavy atom. The first kappa shape index (κ1) is 12.9. The van der Waals surface area contributed by atoms with E-state index in [1.807, 2.05) is 32.0 Å². The largest absolute Gasteiger partial charge is 0.497 e. The summed E-state index contributed by atoms with van der Waals surface area (Å²) in [6.07, 6.45) is -0.121. The highest BCUT2D eigenvalue weighted by molar-refractivity contribution is 5.33. The maximum absolute atomic E-state index is 10.2. The van der Waals surface area contributed by atoms with Crippen LogP contribution in [0.5, 0.6) is 5.75 Å². The second-order valence-electron chi connectivity index (χ2n) is 5.75. The van der Waals surface area contributed by atoms with Crippen molar-refractivity contribution in [2.24, 2.45) is 0 Å². The number of fused-ring (bicyclic) bond motifs is 1. The first-order valence-electron chi connectivity index (χ1n) is 6.68. The average Bonchev–Trinajstić information content (AvgIpc) is 2.85. The van der Waals surface area contributed by atoms with Gasteiger partial charge in [-0.25, -0.2) is 0 Å². The Kier molecular flexibility index (Phi) is 3.04. The van der Waals surface area contributed by atoms with Crippen LogP contribution in [0.4, 0.5) is 0 Å². The van der Waals surface area contributed by atoms with Crippen LogP contribution in [-0.4, -0.2) is 36.3 Å². The quantitative estimate of drug-likeness (QED) is 0.888. The summed E-state index contributed by atoms with van der Waals surface area (Å²) in [6.45, 7) is 3.78. The zero-order valence-electron chi connectivity index (χ0n) is 11.5. The third-order valence-corrected chi connectivity index (χ3v) is 3.96. The van der Waals surface area contributed by atoms with E-state index in [1.54, 1.807) is 7.11 Å². The standard InChI is InChI=1S/C15H20O4/c1-15(2)18-13-11(8-12(16)14(13)19-15)9-5-4-6-10(7-9)17-3/h4-7,11-14,16H,8H2,1-3H3/t11-,12+,13-,14+/m1/s1. The van der Waals surface area contributed by atoms with Gasteiger partial charge in [-0.2, -0.15) is 0 Å². The van der Waals surface area contributed by atoms with Crippen molar-refractivity contribution in [1.82, 2.24) is 0 Å². The Hall–Kier alpha value is -1.10. The number of hydrogen-bond acceptors (Lipinski definition) is 4. The molecule has 1 aromatic carbocycles. The topological polar surface area (TPSA) is 47.9 Å². The van der Waals surface area contributed by atoms with Gasteiger partial charge in [0.1, 0.15) is 11.9 Å². The van der Waals surface area contributed by atoms with Crippen molar-refractivity contribution in [3.05, 3.63) is 29.8 Å². The molecule has 1 aromatic rings. The van der Waals surface area contributed by atoms with Gasteiger partial charge in [0.2, 0.25) is 0 Å². The molecule has 1 saturated heterocycles. The summed E-state index contributed by atoms with van der Waals surface area (Å²) in [5, 5.41) is 10.2. The van der Waals surface area contributed by atoms with Crippen LogP contribution in [0.3, 0.4) is 0 Å². The van der Waals surface area contributed by atoms with Crippen LogP contribution in [0.15, 0.2) is 24.3 Å². The molecule has 3 rings (SSSR count). The number of rotatable bonds is 2. The Bertz CT molecular complexity index is 471. The van der Waals surface area contributed by atoms with Gasteiger partial charge in [-0.1, -0.05) is 12.1 Å². The van der Waals surface area contributed by atoms with E-state index < -0.39 is 11.9 Å². The van der Waals surface area contributed by atoms with Gasteiger partial charge in [0, 0.05) is 5.92 Å². The Labute approximate surface area is 113 Å². The van der Waals surface area contributed by atoms with Gasteiger partial charge in [0.15, 0.2) is 5.79 Å². The van der Waals surface area contributed by atoms with E-state index in [9.17, 15) is 5.11 Å². The van der Waals surface area contributed by atoms with E-state index >= 15 is 0 Å². The number of aliphatic hydroxyl groups excluding tert-OH is 1. The van der Waals surface area contributed by atoms with Crippen LogP contribution in [0.25, 0.3) is 0 Å². The van der Waals surface area contributed by atoms with Gasteiger partial charge < -0.3 is 19.3 Å². The monoisotopic (exact) mass is 264 g/mol. The molecule has 0 unspecified atom stereocenters. The van der Waals surface area contributed by atoms with Gasteiger partial charge in [0.05, 0.1) is 19.3 Å². The molecule has 0 radical (unpaired) electrons. The first-order valence-corrected chi connectivity index (χ1v) is 6.68. The Balaban J connectivity index is 1.89. The molecule has 1 saturated carbocycles. The third kappa shape index (κ3) is 2.24.